The Bertz CT molecular complexity index is 651. The lowest BCUT2D eigenvalue weighted by atomic mass is 10.2. The largest absolute Gasteiger partial charge is 0.497 e. The van der Waals surface area contributed by atoms with E-state index in [4.69, 9.17) is 4.74 Å². The number of rotatable bonds is 10. The van der Waals surface area contributed by atoms with Crippen molar-refractivity contribution in [3.63, 3.8) is 0 Å². The first-order valence-corrected chi connectivity index (χ1v) is 8.87. The number of methoxy groups -OCH3 is 1. The summed E-state index contributed by atoms with van der Waals surface area (Å²) in [6.45, 7) is -2.12. The van der Waals surface area contributed by atoms with Crippen LogP contribution in [0.3, 0.4) is 0 Å². The van der Waals surface area contributed by atoms with E-state index in [0.717, 1.165) is 12.8 Å². The van der Waals surface area contributed by atoms with E-state index in [1.165, 1.54) is 13.2 Å². The molecule has 0 spiro atoms. The molecule has 0 radical (unpaired) electrons. The molecule has 2 rings (SSSR count). The Morgan fingerprint density at radius 3 is 2.74 bits per heavy atom. The van der Waals surface area contributed by atoms with Crippen LogP contribution in [0.25, 0.3) is 0 Å². The van der Waals surface area contributed by atoms with Gasteiger partial charge in [0.2, 0.25) is 5.91 Å². The van der Waals surface area contributed by atoms with Crippen LogP contribution in [-0.2, 0) is 11.3 Å². The number of hydrogen-bond donors (Lipinski definition) is 3. The second-order valence-corrected chi connectivity index (χ2v) is 6.15. The van der Waals surface area contributed by atoms with Gasteiger partial charge < -0.3 is 25.4 Å². The third kappa shape index (κ3) is 7.67. The molecule has 0 heterocycles. The molecule has 1 aromatic rings. The Kier molecular flexibility index (Phi) is 8.09. The van der Waals surface area contributed by atoms with Crippen LogP contribution in [0.15, 0.2) is 23.2 Å². The van der Waals surface area contributed by atoms with E-state index in [0.29, 0.717) is 42.7 Å². The highest BCUT2D eigenvalue weighted by atomic mass is 19.3. The van der Waals surface area contributed by atoms with Gasteiger partial charge in [-0.1, -0.05) is 0 Å². The zero-order valence-electron chi connectivity index (χ0n) is 15.6. The van der Waals surface area contributed by atoms with Gasteiger partial charge in [-0.05, 0) is 37.5 Å². The molecule has 1 aromatic carbocycles. The molecule has 27 heavy (non-hydrogen) atoms. The zero-order valence-corrected chi connectivity index (χ0v) is 15.6. The van der Waals surface area contributed by atoms with Crippen molar-refractivity contribution < 1.29 is 23.0 Å². The standard InChI is InChI=1S/C18H26F2N4O3/c1-21-18(22-9-3-4-16(25)24-13-5-6-13)23-11-12-10-14(26-2)7-8-15(12)27-17(19)20/h7-8,10,13,17H,3-6,9,11H2,1-2H3,(H,24,25)(H2,21,22,23). The lowest BCUT2D eigenvalue weighted by Crippen LogP contribution is -2.37. The number of amides is 1. The van der Waals surface area contributed by atoms with E-state index < -0.39 is 6.61 Å². The molecule has 1 aliphatic rings. The molecule has 0 bridgehead atoms. The van der Waals surface area contributed by atoms with Gasteiger partial charge in [-0.25, -0.2) is 0 Å². The minimum atomic E-state index is -2.91. The number of alkyl halides is 2. The molecule has 9 heteroatoms. The Morgan fingerprint density at radius 1 is 1.33 bits per heavy atom. The number of benzene rings is 1. The van der Waals surface area contributed by atoms with Crippen molar-refractivity contribution in [1.82, 2.24) is 16.0 Å². The summed E-state index contributed by atoms with van der Waals surface area (Å²) in [5.41, 5.74) is 0.515. The topological polar surface area (TPSA) is 84.0 Å². The number of aliphatic imine (C=N–C) groups is 1. The van der Waals surface area contributed by atoms with E-state index in [2.05, 4.69) is 25.7 Å². The minimum absolute atomic E-state index is 0.0624. The second kappa shape index (κ2) is 10.5. The number of carbonyl (C=O) groups is 1. The lowest BCUT2D eigenvalue weighted by molar-refractivity contribution is -0.121. The van der Waals surface area contributed by atoms with Gasteiger partial charge >= 0.3 is 6.61 Å². The molecule has 1 saturated carbocycles. The van der Waals surface area contributed by atoms with Gasteiger partial charge in [0.15, 0.2) is 5.96 Å². The maximum Gasteiger partial charge on any atom is 0.387 e. The smallest absolute Gasteiger partial charge is 0.387 e. The summed E-state index contributed by atoms with van der Waals surface area (Å²) in [4.78, 5) is 15.7. The summed E-state index contributed by atoms with van der Waals surface area (Å²) < 4.78 is 34.8. The number of guanidine groups is 1. The quantitative estimate of drug-likeness (QED) is 0.327. The molecule has 0 aliphatic heterocycles. The molecule has 0 saturated heterocycles. The van der Waals surface area contributed by atoms with Crippen molar-refractivity contribution in [1.29, 1.82) is 0 Å². The number of nitrogens with one attached hydrogen (secondary N) is 3. The van der Waals surface area contributed by atoms with Crippen LogP contribution in [0.1, 0.15) is 31.2 Å². The summed E-state index contributed by atoms with van der Waals surface area (Å²) in [5, 5.41) is 9.07. The highest BCUT2D eigenvalue weighted by molar-refractivity contribution is 5.80. The van der Waals surface area contributed by atoms with Crippen molar-refractivity contribution >= 4 is 11.9 Å². The zero-order chi connectivity index (χ0) is 19.6. The Balaban J connectivity index is 1.79. The molecular formula is C18H26F2N4O3. The average Bonchev–Trinajstić information content (AvgIpc) is 3.45. The highest BCUT2D eigenvalue weighted by Gasteiger charge is 2.22. The number of carbonyl (C=O) groups excluding carboxylic acids is 1. The lowest BCUT2D eigenvalue weighted by Gasteiger charge is -2.15. The Labute approximate surface area is 157 Å². The normalized spacial score (nSPS) is 14.0. The van der Waals surface area contributed by atoms with Crippen LogP contribution in [-0.4, -0.2) is 45.2 Å². The second-order valence-electron chi connectivity index (χ2n) is 6.15. The summed E-state index contributed by atoms with van der Waals surface area (Å²) in [5.74, 6) is 1.18. The van der Waals surface area contributed by atoms with E-state index in [1.54, 1.807) is 19.2 Å². The summed E-state index contributed by atoms with van der Waals surface area (Å²) >= 11 is 0. The number of nitrogens with zero attached hydrogens (tertiary/aromatic N) is 1. The molecule has 0 unspecified atom stereocenters. The van der Waals surface area contributed by atoms with Crippen molar-refractivity contribution in [3.8, 4) is 11.5 Å². The Morgan fingerprint density at radius 2 is 2.11 bits per heavy atom. The van der Waals surface area contributed by atoms with Crippen LogP contribution in [0.5, 0.6) is 11.5 Å². The predicted molar refractivity (Wildman–Crippen MR) is 98.2 cm³/mol. The van der Waals surface area contributed by atoms with E-state index in [1.807, 2.05) is 0 Å². The fourth-order valence-electron chi connectivity index (χ4n) is 2.41. The number of hydrogen-bond acceptors (Lipinski definition) is 4. The molecule has 0 atom stereocenters. The SMILES string of the molecule is CN=C(NCCCC(=O)NC1CC1)NCc1cc(OC)ccc1OC(F)F. The molecule has 1 fully saturated rings. The van der Waals surface area contributed by atoms with Crippen molar-refractivity contribution in [3.05, 3.63) is 23.8 Å². The van der Waals surface area contributed by atoms with Gasteiger partial charge in [-0.2, -0.15) is 8.78 Å². The molecule has 3 N–H and O–H groups in total. The maximum atomic E-state index is 12.6. The van der Waals surface area contributed by atoms with Gasteiger partial charge in [0.1, 0.15) is 11.5 Å². The van der Waals surface area contributed by atoms with E-state index >= 15 is 0 Å². The summed E-state index contributed by atoms with van der Waals surface area (Å²) in [7, 11) is 3.11. The van der Waals surface area contributed by atoms with Crippen molar-refractivity contribution in [2.24, 2.45) is 4.99 Å². The average molecular weight is 384 g/mol. The van der Waals surface area contributed by atoms with Gasteiger partial charge in [0.05, 0.1) is 7.11 Å². The molecular weight excluding hydrogens is 358 g/mol. The van der Waals surface area contributed by atoms with Crippen LogP contribution in [0, 0.1) is 0 Å². The van der Waals surface area contributed by atoms with Gasteiger partial charge in [0, 0.05) is 38.2 Å². The first-order chi connectivity index (χ1) is 13.0. The van der Waals surface area contributed by atoms with Gasteiger partial charge in [0.25, 0.3) is 0 Å². The van der Waals surface area contributed by atoms with Gasteiger partial charge in [-0.3, -0.25) is 9.79 Å². The fraction of sp³-hybridized carbons (Fsp3) is 0.556. The van der Waals surface area contributed by atoms with Crippen LogP contribution in [0.2, 0.25) is 0 Å². The fourth-order valence-corrected chi connectivity index (χ4v) is 2.41. The highest BCUT2D eigenvalue weighted by Crippen LogP contribution is 2.25. The molecule has 1 amide bonds. The monoisotopic (exact) mass is 384 g/mol. The van der Waals surface area contributed by atoms with E-state index in [9.17, 15) is 13.6 Å². The number of halogens is 2. The van der Waals surface area contributed by atoms with Gasteiger partial charge in [-0.15, -0.1) is 0 Å². The Hall–Kier alpha value is -2.58. The first-order valence-electron chi connectivity index (χ1n) is 8.87. The third-order valence-corrected chi connectivity index (χ3v) is 3.97. The molecule has 150 valence electrons. The molecule has 0 aromatic heterocycles. The minimum Gasteiger partial charge on any atom is -0.497 e. The number of ether oxygens (including phenoxy) is 2. The third-order valence-electron chi connectivity index (χ3n) is 3.97. The maximum absolute atomic E-state index is 12.6. The molecule has 7 nitrogen and oxygen atoms in total. The predicted octanol–water partition coefficient (Wildman–Crippen LogP) is 2.02. The van der Waals surface area contributed by atoms with Crippen LogP contribution < -0.4 is 25.4 Å². The first kappa shape index (κ1) is 20.7. The van der Waals surface area contributed by atoms with E-state index in [-0.39, 0.29) is 18.2 Å². The van der Waals surface area contributed by atoms with Crippen molar-refractivity contribution in [2.45, 2.75) is 44.9 Å². The molecule has 1 aliphatic carbocycles. The van der Waals surface area contributed by atoms with Crippen LogP contribution in [0.4, 0.5) is 8.78 Å². The van der Waals surface area contributed by atoms with Crippen LogP contribution >= 0.6 is 0 Å². The summed E-state index contributed by atoms with van der Waals surface area (Å²) in [6, 6.07) is 4.99. The van der Waals surface area contributed by atoms with Crippen molar-refractivity contribution in [2.75, 3.05) is 20.7 Å². The summed E-state index contributed by atoms with van der Waals surface area (Å²) in [6.07, 6.45) is 3.26.